The van der Waals surface area contributed by atoms with Crippen LogP contribution in [-0.4, -0.2) is 25.2 Å². The van der Waals surface area contributed by atoms with Crippen LogP contribution in [0.2, 0.25) is 0 Å². The van der Waals surface area contributed by atoms with E-state index < -0.39 is 5.97 Å². The molecule has 1 N–H and O–H groups in total. The van der Waals surface area contributed by atoms with E-state index in [0.29, 0.717) is 28.2 Å². The molecule has 0 spiro atoms. The van der Waals surface area contributed by atoms with Crippen molar-refractivity contribution in [1.29, 1.82) is 0 Å². The molecule has 6 nitrogen and oxygen atoms in total. The van der Waals surface area contributed by atoms with Gasteiger partial charge < -0.3 is 9.47 Å². The molecule has 0 radical (unpaired) electrons. The van der Waals surface area contributed by atoms with Gasteiger partial charge in [-0.1, -0.05) is 24.3 Å². The number of methoxy groups -OCH3 is 1. The van der Waals surface area contributed by atoms with E-state index in [4.69, 9.17) is 9.47 Å². The van der Waals surface area contributed by atoms with Gasteiger partial charge in [0, 0.05) is 3.57 Å². The molecule has 0 atom stereocenters. The summed E-state index contributed by atoms with van der Waals surface area (Å²) in [6, 6.07) is 20.7. The van der Waals surface area contributed by atoms with E-state index in [0.717, 1.165) is 3.57 Å². The predicted octanol–water partition coefficient (Wildman–Crippen LogP) is 4.28. The second kappa shape index (κ2) is 9.83. The number of carbonyl (C=O) groups is 2. The lowest BCUT2D eigenvalue weighted by atomic mass is 10.2. The summed E-state index contributed by atoms with van der Waals surface area (Å²) in [6.07, 6.45) is 1.48. The van der Waals surface area contributed by atoms with Gasteiger partial charge in [-0.15, -0.1) is 0 Å². The lowest BCUT2D eigenvalue weighted by molar-refractivity contribution is 0.0734. The van der Waals surface area contributed by atoms with Crippen LogP contribution in [0.1, 0.15) is 26.3 Å². The quantitative estimate of drug-likeness (QED) is 0.180. The van der Waals surface area contributed by atoms with Crippen molar-refractivity contribution in [2.45, 2.75) is 0 Å². The summed E-state index contributed by atoms with van der Waals surface area (Å²) in [6.45, 7) is 0. The number of esters is 1. The summed E-state index contributed by atoms with van der Waals surface area (Å²) in [5.74, 6) is 0.257. The Morgan fingerprint density at radius 2 is 1.72 bits per heavy atom. The average molecular weight is 500 g/mol. The lowest BCUT2D eigenvalue weighted by Crippen LogP contribution is -2.18. The molecule has 0 heterocycles. The molecule has 0 saturated heterocycles. The van der Waals surface area contributed by atoms with Crippen LogP contribution < -0.4 is 14.9 Å². The Morgan fingerprint density at radius 3 is 2.45 bits per heavy atom. The van der Waals surface area contributed by atoms with E-state index >= 15 is 0 Å². The van der Waals surface area contributed by atoms with Crippen LogP contribution in [0.3, 0.4) is 0 Å². The minimum absolute atomic E-state index is 0.298. The van der Waals surface area contributed by atoms with E-state index in [1.807, 2.05) is 12.1 Å². The number of halogens is 1. The maximum Gasteiger partial charge on any atom is 0.343 e. The van der Waals surface area contributed by atoms with Gasteiger partial charge in [0.1, 0.15) is 11.5 Å². The highest BCUT2D eigenvalue weighted by molar-refractivity contribution is 14.1. The van der Waals surface area contributed by atoms with Crippen molar-refractivity contribution < 1.29 is 19.1 Å². The second-order valence-electron chi connectivity index (χ2n) is 5.87. The molecule has 0 aliphatic rings. The molecule has 1 amide bonds. The van der Waals surface area contributed by atoms with E-state index in [2.05, 4.69) is 33.1 Å². The van der Waals surface area contributed by atoms with Gasteiger partial charge in [-0.25, -0.2) is 10.2 Å². The van der Waals surface area contributed by atoms with E-state index in [-0.39, 0.29) is 5.91 Å². The van der Waals surface area contributed by atoms with Crippen LogP contribution in [0.15, 0.2) is 77.9 Å². The zero-order valence-electron chi connectivity index (χ0n) is 15.5. The first kappa shape index (κ1) is 20.5. The summed E-state index contributed by atoms with van der Waals surface area (Å²) in [7, 11) is 1.56. The Kier molecular flexibility index (Phi) is 6.96. The Hall–Kier alpha value is -3.20. The smallest absolute Gasteiger partial charge is 0.343 e. The number of hydrogen-bond acceptors (Lipinski definition) is 5. The normalized spacial score (nSPS) is 10.6. The van der Waals surface area contributed by atoms with Crippen molar-refractivity contribution in [3.8, 4) is 11.5 Å². The molecule has 0 aromatic heterocycles. The third kappa shape index (κ3) is 5.64. The predicted molar refractivity (Wildman–Crippen MR) is 119 cm³/mol. The number of hydrogen-bond donors (Lipinski definition) is 1. The lowest BCUT2D eigenvalue weighted by Gasteiger charge is -2.06. The molecule has 3 aromatic carbocycles. The Morgan fingerprint density at radius 1 is 0.966 bits per heavy atom. The SMILES string of the molecule is COc1ccc(C(=O)Oc2cccc(C=NNC(=O)c3ccccc3I)c2)cc1. The summed E-state index contributed by atoms with van der Waals surface area (Å²) in [4.78, 5) is 24.4. The summed E-state index contributed by atoms with van der Waals surface area (Å²) in [5.41, 5.74) is 4.13. The number of rotatable bonds is 6. The molecule has 0 saturated carbocycles. The maximum atomic E-state index is 12.3. The first-order valence-electron chi connectivity index (χ1n) is 8.61. The van der Waals surface area contributed by atoms with Gasteiger partial charge in [-0.2, -0.15) is 5.10 Å². The highest BCUT2D eigenvalue weighted by Gasteiger charge is 2.09. The molecule has 29 heavy (non-hydrogen) atoms. The van der Waals surface area contributed by atoms with Crippen LogP contribution >= 0.6 is 22.6 Å². The second-order valence-corrected chi connectivity index (χ2v) is 7.03. The van der Waals surface area contributed by atoms with E-state index in [9.17, 15) is 9.59 Å². The zero-order valence-corrected chi connectivity index (χ0v) is 17.6. The van der Waals surface area contributed by atoms with Crippen molar-refractivity contribution in [2.24, 2.45) is 5.10 Å². The Bertz CT molecular complexity index is 1050. The van der Waals surface area contributed by atoms with Crippen molar-refractivity contribution in [1.82, 2.24) is 5.43 Å². The van der Waals surface area contributed by atoms with Gasteiger partial charge in [0.25, 0.3) is 5.91 Å². The first-order chi connectivity index (χ1) is 14.1. The third-order valence-corrected chi connectivity index (χ3v) is 4.83. The summed E-state index contributed by atoms with van der Waals surface area (Å²) >= 11 is 2.09. The topological polar surface area (TPSA) is 77.0 Å². The molecule has 0 aliphatic heterocycles. The molecule has 146 valence electrons. The van der Waals surface area contributed by atoms with Crippen LogP contribution in [0.5, 0.6) is 11.5 Å². The van der Waals surface area contributed by atoms with Crippen LogP contribution in [0, 0.1) is 3.57 Å². The largest absolute Gasteiger partial charge is 0.497 e. The van der Waals surface area contributed by atoms with Crippen molar-refractivity contribution in [3.63, 3.8) is 0 Å². The van der Waals surface area contributed by atoms with Gasteiger partial charge in [-0.3, -0.25) is 4.79 Å². The van der Waals surface area contributed by atoms with E-state index in [1.54, 1.807) is 67.8 Å². The monoisotopic (exact) mass is 500 g/mol. The molecule has 0 fully saturated rings. The number of carbonyl (C=O) groups excluding carboxylic acids is 2. The van der Waals surface area contributed by atoms with Crippen molar-refractivity contribution >= 4 is 40.7 Å². The molecular formula is C22H17IN2O4. The molecule has 3 aromatic rings. The maximum absolute atomic E-state index is 12.3. The number of nitrogens with zero attached hydrogens (tertiary/aromatic N) is 1. The number of ether oxygens (including phenoxy) is 2. The van der Waals surface area contributed by atoms with E-state index in [1.165, 1.54) is 6.21 Å². The molecule has 3 rings (SSSR count). The fourth-order valence-electron chi connectivity index (χ4n) is 2.42. The number of hydrazone groups is 1. The number of amides is 1. The van der Waals surface area contributed by atoms with Crippen LogP contribution in [0.4, 0.5) is 0 Å². The molecule has 0 aliphatic carbocycles. The van der Waals surface area contributed by atoms with Crippen molar-refractivity contribution in [3.05, 3.63) is 93.1 Å². The van der Waals surface area contributed by atoms with Gasteiger partial charge in [0.05, 0.1) is 24.5 Å². The molecule has 0 bridgehead atoms. The van der Waals surface area contributed by atoms with Gasteiger partial charge in [0.2, 0.25) is 0 Å². The van der Waals surface area contributed by atoms with Gasteiger partial charge >= 0.3 is 5.97 Å². The first-order valence-corrected chi connectivity index (χ1v) is 9.69. The zero-order chi connectivity index (χ0) is 20.6. The third-order valence-electron chi connectivity index (χ3n) is 3.89. The number of nitrogens with one attached hydrogen (secondary N) is 1. The minimum atomic E-state index is -0.478. The Balaban J connectivity index is 1.63. The fourth-order valence-corrected chi connectivity index (χ4v) is 3.05. The number of benzene rings is 3. The van der Waals surface area contributed by atoms with Crippen LogP contribution in [-0.2, 0) is 0 Å². The fraction of sp³-hybridized carbons (Fsp3) is 0.0455. The van der Waals surface area contributed by atoms with Crippen LogP contribution in [0.25, 0.3) is 0 Å². The van der Waals surface area contributed by atoms with Gasteiger partial charge in [-0.05, 0) is 76.7 Å². The summed E-state index contributed by atoms with van der Waals surface area (Å²) in [5, 5.41) is 3.97. The average Bonchev–Trinajstić information content (AvgIpc) is 2.74. The summed E-state index contributed by atoms with van der Waals surface area (Å²) < 4.78 is 11.3. The molecular weight excluding hydrogens is 483 g/mol. The van der Waals surface area contributed by atoms with Gasteiger partial charge in [0.15, 0.2) is 0 Å². The highest BCUT2D eigenvalue weighted by atomic mass is 127. The van der Waals surface area contributed by atoms with Crippen molar-refractivity contribution in [2.75, 3.05) is 7.11 Å². The molecule has 7 heteroatoms. The minimum Gasteiger partial charge on any atom is -0.497 e. The Labute approximate surface area is 181 Å². The highest BCUT2D eigenvalue weighted by Crippen LogP contribution is 2.17. The molecule has 0 unspecified atom stereocenters. The standard InChI is InChI=1S/C22H17IN2O4/c1-28-17-11-9-16(10-12-17)22(27)29-18-6-4-5-15(13-18)14-24-25-21(26)19-7-2-3-8-20(19)23/h2-14H,1H3,(H,25,26).